The van der Waals surface area contributed by atoms with Gasteiger partial charge in [-0.05, 0) is 78.1 Å². The zero-order valence-corrected chi connectivity index (χ0v) is 16.5. The molecule has 0 saturated carbocycles. The Morgan fingerprint density at radius 3 is 2.64 bits per heavy atom. The molecule has 0 spiro atoms. The topological polar surface area (TPSA) is 43.9 Å². The van der Waals surface area contributed by atoms with Gasteiger partial charge in [0, 0.05) is 19.1 Å². The van der Waals surface area contributed by atoms with Gasteiger partial charge in [0.2, 0.25) is 10.0 Å². The van der Waals surface area contributed by atoms with Crippen molar-refractivity contribution in [2.45, 2.75) is 37.1 Å². The van der Waals surface area contributed by atoms with E-state index in [9.17, 15) is 12.8 Å². The molecule has 1 fully saturated rings. The van der Waals surface area contributed by atoms with Crippen LogP contribution in [0.25, 0.3) is 0 Å². The first-order valence-electron chi connectivity index (χ1n) is 8.83. The van der Waals surface area contributed by atoms with Crippen LogP contribution in [0.15, 0.2) is 23.1 Å². The summed E-state index contributed by atoms with van der Waals surface area (Å²) < 4.78 is 41.0. The summed E-state index contributed by atoms with van der Waals surface area (Å²) in [4.78, 5) is 4.49. The molecule has 1 aromatic carbocycles. The van der Waals surface area contributed by atoms with Crippen molar-refractivity contribution in [1.82, 2.24) is 14.1 Å². The Morgan fingerprint density at radius 1 is 1.24 bits per heavy atom. The Labute approximate surface area is 151 Å². The largest absolute Gasteiger partial charge is 0.309 e. The van der Waals surface area contributed by atoms with Crippen molar-refractivity contribution >= 4 is 10.0 Å². The minimum Gasteiger partial charge on any atom is -0.309 e. The second kappa shape index (κ2) is 8.58. The van der Waals surface area contributed by atoms with Crippen molar-refractivity contribution in [2.24, 2.45) is 0 Å². The van der Waals surface area contributed by atoms with Gasteiger partial charge < -0.3 is 9.80 Å². The lowest BCUT2D eigenvalue weighted by molar-refractivity contribution is 0.158. The van der Waals surface area contributed by atoms with Crippen LogP contribution in [0.2, 0.25) is 0 Å². The number of halogens is 1. The molecule has 1 aromatic rings. The van der Waals surface area contributed by atoms with Gasteiger partial charge in [0.15, 0.2) is 0 Å². The Hall–Kier alpha value is -1.02. The van der Waals surface area contributed by atoms with Crippen LogP contribution >= 0.6 is 0 Å². The predicted octanol–water partition coefficient (Wildman–Crippen LogP) is 2.17. The van der Waals surface area contributed by atoms with E-state index in [-0.39, 0.29) is 10.9 Å². The van der Waals surface area contributed by atoms with E-state index in [4.69, 9.17) is 0 Å². The van der Waals surface area contributed by atoms with Crippen LogP contribution in [-0.2, 0) is 10.0 Å². The van der Waals surface area contributed by atoms with Gasteiger partial charge in [-0.3, -0.25) is 0 Å². The number of hydrogen-bond acceptors (Lipinski definition) is 4. The third kappa shape index (κ3) is 5.23. The molecule has 0 unspecified atom stereocenters. The van der Waals surface area contributed by atoms with E-state index >= 15 is 0 Å². The number of nitrogens with zero attached hydrogens (tertiary/aromatic N) is 3. The number of hydrogen-bond donors (Lipinski definition) is 0. The molecule has 142 valence electrons. The average Bonchev–Trinajstić information content (AvgIpc) is 2.56. The monoisotopic (exact) mass is 371 g/mol. The Balaban J connectivity index is 2.08. The molecule has 0 N–H and O–H groups in total. The van der Waals surface area contributed by atoms with Crippen LogP contribution in [-0.4, -0.2) is 75.9 Å². The second-order valence-corrected chi connectivity index (χ2v) is 9.11. The van der Waals surface area contributed by atoms with Gasteiger partial charge in [-0.25, -0.2) is 12.8 Å². The predicted molar refractivity (Wildman–Crippen MR) is 98.7 cm³/mol. The fourth-order valence-corrected chi connectivity index (χ4v) is 5.06. The zero-order chi connectivity index (χ0) is 18.6. The molecule has 1 aliphatic heterocycles. The van der Waals surface area contributed by atoms with Crippen molar-refractivity contribution in [3.05, 3.63) is 29.6 Å². The van der Waals surface area contributed by atoms with Crippen LogP contribution < -0.4 is 0 Å². The summed E-state index contributed by atoms with van der Waals surface area (Å²) in [5.74, 6) is -0.515. The molecule has 25 heavy (non-hydrogen) atoms. The summed E-state index contributed by atoms with van der Waals surface area (Å²) in [7, 11) is 2.51. The lowest BCUT2D eigenvalue weighted by atomic mass is 10.1. The van der Waals surface area contributed by atoms with E-state index in [1.54, 1.807) is 6.92 Å². The summed E-state index contributed by atoms with van der Waals surface area (Å²) in [6.45, 7) is 4.63. The number of aryl methyl sites for hydroxylation is 1. The summed E-state index contributed by atoms with van der Waals surface area (Å²) in [6, 6.07) is 4.16. The quantitative estimate of drug-likeness (QED) is 0.737. The Bertz CT molecular complexity index is 679. The van der Waals surface area contributed by atoms with Gasteiger partial charge in [-0.2, -0.15) is 4.31 Å². The Kier molecular flexibility index (Phi) is 6.96. The van der Waals surface area contributed by atoms with Gasteiger partial charge in [0.25, 0.3) is 0 Å². The van der Waals surface area contributed by atoms with E-state index in [1.807, 2.05) is 0 Å². The van der Waals surface area contributed by atoms with Crippen LogP contribution in [0.1, 0.15) is 24.8 Å². The minimum atomic E-state index is -3.66. The normalized spacial score (nSPS) is 19.7. The Morgan fingerprint density at radius 2 is 1.96 bits per heavy atom. The summed E-state index contributed by atoms with van der Waals surface area (Å²) in [5, 5.41) is 0. The molecule has 1 aliphatic rings. The third-order valence-electron chi connectivity index (χ3n) is 4.87. The summed E-state index contributed by atoms with van der Waals surface area (Å²) in [5.41, 5.74) is 0.586. The van der Waals surface area contributed by atoms with Crippen molar-refractivity contribution in [3.8, 4) is 0 Å². The summed E-state index contributed by atoms with van der Waals surface area (Å²) >= 11 is 0. The van der Waals surface area contributed by atoms with E-state index in [1.165, 1.54) is 16.4 Å². The molecule has 1 heterocycles. The first kappa shape index (κ1) is 20.3. The SMILES string of the molecule is Cc1ccc(F)cc1S(=O)(=O)N1CCC[C@@H](N(C)CCCN(C)C)C1. The van der Waals surface area contributed by atoms with Crippen molar-refractivity contribution in [3.63, 3.8) is 0 Å². The van der Waals surface area contributed by atoms with Crippen LogP contribution in [0.3, 0.4) is 0 Å². The smallest absolute Gasteiger partial charge is 0.243 e. The van der Waals surface area contributed by atoms with Gasteiger partial charge >= 0.3 is 0 Å². The minimum absolute atomic E-state index is 0.0865. The molecule has 0 amide bonds. The highest BCUT2D eigenvalue weighted by Gasteiger charge is 2.32. The molecule has 0 aromatic heterocycles. The number of benzene rings is 1. The molecular formula is C18H30FN3O2S. The van der Waals surface area contributed by atoms with Gasteiger partial charge in [0.05, 0.1) is 4.90 Å². The van der Waals surface area contributed by atoms with E-state index in [0.717, 1.165) is 38.4 Å². The lowest BCUT2D eigenvalue weighted by Crippen LogP contribution is -2.49. The molecular weight excluding hydrogens is 341 g/mol. The molecule has 2 rings (SSSR count). The molecule has 0 aliphatic carbocycles. The highest BCUT2D eigenvalue weighted by molar-refractivity contribution is 7.89. The first-order chi connectivity index (χ1) is 11.7. The highest BCUT2D eigenvalue weighted by Crippen LogP contribution is 2.25. The summed E-state index contributed by atoms with van der Waals surface area (Å²) in [6.07, 6.45) is 2.87. The molecule has 7 heteroatoms. The zero-order valence-electron chi connectivity index (χ0n) is 15.7. The number of piperidine rings is 1. The number of likely N-dealkylation sites (N-methyl/N-ethyl adjacent to an activating group) is 1. The van der Waals surface area contributed by atoms with Crippen molar-refractivity contribution in [1.29, 1.82) is 0 Å². The maximum absolute atomic E-state index is 13.6. The van der Waals surface area contributed by atoms with Crippen LogP contribution in [0, 0.1) is 12.7 Å². The first-order valence-corrected chi connectivity index (χ1v) is 10.3. The van der Waals surface area contributed by atoms with Gasteiger partial charge in [0.1, 0.15) is 5.82 Å². The fourth-order valence-electron chi connectivity index (χ4n) is 3.31. The lowest BCUT2D eigenvalue weighted by Gasteiger charge is -2.37. The van der Waals surface area contributed by atoms with Crippen molar-refractivity contribution < 1.29 is 12.8 Å². The highest BCUT2D eigenvalue weighted by atomic mass is 32.2. The second-order valence-electron chi connectivity index (χ2n) is 7.21. The molecule has 1 atom stereocenters. The van der Waals surface area contributed by atoms with E-state index in [2.05, 4.69) is 30.9 Å². The average molecular weight is 372 g/mol. The maximum Gasteiger partial charge on any atom is 0.243 e. The molecule has 5 nitrogen and oxygen atoms in total. The maximum atomic E-state index is 13.6. The number of rotatable bonds is 7. The van der Waals surface area contributed by atoms with Gasteiger partial charge in [-0.1, -0.05) is 6.07 Å². The van der Waals surface area contributed by atoms with Crippen LogP contribution in [0.5, 0.6) is 0 Å². The van der Waals surface area contributed by atoms with Crippen molar-refractivity contribution in [2.75, 3.05) is 47.3 Å². The third-order valence-corrected chi connectivity index (χ3v) is 6.87. The number of sulfonamides is 1. The van der Waals surface area contributed by atoms with Crippen LogP contribution in [0.4, 0.5) is 4.39 Å². The molecule has 0 radical (unpaired) electrons. The molecule has 1 saturated heterocycles. The van der Waals surface area contributed by atoms with Gasteiger partial charge in [-0.15, -0.1) is 0 Å². The van der Waals surface area contributed by atoms with E-state index in [0.29, 0.717) is 18.7 Å². The van der Waals surface area contributed by atoms with E-state index < -0.39 is 15.8 Å². The standard InChI is InChI=1S/C18H30FN3O2S/c1-15-8-9-16(19)13-18(15)25(23,24)22-12-5-7-17(14-22)21(4)11-6-10-20(2)3/h8-9,13,17H,5-7,10-12,14H2,1-4H3/t17-/m1/s1. The molecule has 0 bridgehead atoms. The fraction of sp³-hybridized carbons (Fsp3) is 0.667.